The summed E-state index contributed by atoms with van der Waals surface area (Å²) in [7, 11) is 1.56. The zero-order valence-electron chi connectivity index (χ0n) is 15.4. The summed E-state index contributed by atoms with van der Waals surface area (Å²) in [5.74, 6) is 0.430. The Morgan fingerprint density at radius 1 is 1.07 bits per heavy atom. The third-order valence-corrected chi connectivity index (χ3v) is 4.65. The second-order valence-corrected chi connectivity index (χ2v) is 6.76. The molecule has 0 aliphatic carbocycles. The SMILES string of the molecule is COc1ccc(Cl)cc1NC(=O)[C@@H](C)[n+]1ccc(Cc2ccccc2)cc1. The van der Waals surface area contributed by atoms with Gasteiger partial charge in [-0.15, -0.1) is 0 Å². The average molecular weight is 382 g/mol. The molecule has 1 heterocycles. The van der Waals surface area contributed by atoms with Crippen LogP contribution >= 0.6 is 11.6 Å². The van der Waals surface area contributed by atoms with Gasteiger partial charge in [-0.2, -0.15) is 4.57 Å². The van der Waals surface area contributed by atoms with E-state index in [0.29, 0.717) is 16.5 Å². The van der Waals surface area contributed by atoms with Crippen LogP contribution in [0.2, 0.25) is 5.02 Å². The second kappa shape index (κ2) is 8.69. The summed E-state index contributed by atoms with van der Waals surface area (Å²) in [6.07, 6.45) is 4.72. The van der Waals surface area contributed by atoms with E-state index < -0.39 is 0 Å². The van der Waals surface area contributed by atoms with Crippen LogP contribution in [-0.2, 0) is 11.2 Å². The molecule has 5 heteroatoms. The van der Waals surface area contributed by atoms with Gasteiger partial charge in [-0.25, -0.2) is 0 Å². The molecule has 0 fully saturated rings. The van der Waals surface area contributed by atoms with Crippen LogP contribution in [0.5, 0.6) is 5.75 Å². The molecule has 1 aromatic heterocycles. The molecule has 138 valence electrons. The minimum absolute atomic E-state index is 0.142. The van der Waals surface area contributed by atoms with Gasteiger partial charge in [-0.3, -0.25) is 4.79 Å². The molecule has 1 N–H and O–H groups in total. The fraction of sp³-hybridized carbons (Fsp3) is 0.182. The molecule has 1 amide bonds. The van der Waals surface area contributed by atoms with Crippen LogP contribution < -0.4 is 14.6 Å². The molecule has 4 nitrogen and oxygen atoms in total. The van der Waals surface area contributed by atoms with Crippen molar-refractivity contribution < 1.29 is 14.1 Å². The van der Waals surface area contributed by atoms with Gasteiger partial charge in [0.05, 0.1) is 12.8 Å². The van der Waals surface area contributed by atoms with Crippen molar-refractivity contribution in [1.82, 2.24) is 0 Å². The molecule has 0 bridgehead atoms. The monoisotopic (exact) mass is 381 g/mol. The van der Waals surface area contributed by atoms with Crippen molar-refractivity contribution in [2.24, 2.45) is 0 Å². The van der Waals surface area contributed by atoms with Gasteiger partial charge in [0, 0.05) is 24.1 Å². The molecule has 1 atom stereocenters. The number of ether oxygens (including phenoxy) is 1. The Morgan fingerprint density at radius 3 is 2.41 bits per heavy atom. The van der Waals surface area contributed by atoms with Gasteiger partial charge in [0.1, 0.15) is 5.75 Å². The molecule has 0 aliphatic heterocycles. The van der Waals surface area contributed by atoms with Crippen molar-refractivity contribution in [1.29, 1.82) is 0 Å². The van der Waals surface area contributed by atoms with Gasteiger partial charge in [0.2, 0.25) is 6.04 Å². The molecule has 27 heavy (non-hydrogen) atoms. The van der Waals surface area contributed by atoms with E-state index in [0.717, 1.165) is 6.42 Å². The first kappa shape index (κ1) is 18.9. The molecule has 0 aliphatic rings. The lowest BCUT2D eigenvalue weighted by Gasteiger charge is -2.12. The molecule has 0 spiro atoms. The molecule has 0 saturated heterocycles. The van der Waals surface area contributed by atoms with Gasteiger partial charge in [0.15, 0.2) is 12.4 Å². The summed E-state index contributed by atoms with van der Waals surface area (Å²) in [5, 5.41) is 3.42. The Balaban J connectivity index is 1.69. The van der Waals surface area contributed by atoms with Gasteiger partial charge in [0.25, 0.3) is 5.91 Å². The number of rotatable bonds is 6. The Bertz CT molecular complexity index is 911. The first-order valence-electron chi connectivity index (χ1n) is 8.75. The van der Waals surface area contributed by atoms with E-state index in [2.05, 4.69) is 17.4 Å². The van der Waals surface area contributed by atoms with E-state index in [1.165, 1.54) is 11.1 Å². The van der Waals surface area contributed by atoms with Crippen LogP contribution in [-0.4, -0.2) is 13.0 Å². The number of halogens is 1. The van der Waals surface area contributed by atoms with E-state index in [4.69, 9.17) is 16.3 Å². The van der Waals surface area contributed by atoms with E-state index in [1.807, 2.05) is 54.2 Å². The molecule has 3 rings (SSSR count). The topological polar surface area (TPSA) is 42.2 Å². The molecule has 3 aromatic rings. The molecular weight excluding hydrogens is 360 g/mol. The van der Waals surface area contributed by atoms with Crippen LogP contribution in [0, 0.1) is 0 Å². The van der Waals surface area contributed by atoms with Crippen molar-refractivity contribution in [3.63, 3.8) is 0 Å². The Hall–Kier alpha value is -2.85. The fourth-order valence-electron chi connectivity index (χ4n) is 2.83. The van der Waals surface area contributed by atoms with Crippen LogP contribution in [0.1, 0.15) is 24.1 Å². The normalized spacial score (nSPS) is 11.7. The maximum Gasteiger partial charge on any atom is 0.293 e. The molecule has 2 aromatic carbocycles. The highest BCUT2D eigenvalue weighted by atomic mass is 35.5. The highest BCUT2D eigenvalue weighted by molar-refractivity contribution is 6.31. The summed E-state index contributed by atoms with van der Waals surface area (Å²) in [4.78, 5) is 12.6. The standard InChI is InChI=1S/C22H21ClN2O2/c1-16(22(26)24-20-15-19(23)8-9-21(20)27-2)25-12-10-18(11-13-25)14-17-6-4-3-5-7-17/h3-13,15-16H,14H2,1-2H3/p+1/t16-/m1/s1. The number of methoxy groups -OCH3 is 1. The molecular formula is C22H22ClN2O2+. The van der Waals surface area contributed by atoms with Crippen LogP contribution in [0.3, 0.4) is 0 Å². The maximum atomic E-state index is 12.6. The Morgan fingerprint density at radius 2 is 1.74 bits per heavy atom. The number of anilines is 1. The highest BCUT2D eigenvalue weighted by Crippen LogP contribution is 2.28. The van der Waals surface area contributed by atoms with Crippen molar-refractivity contribution >= 4 is 23.2 Å². The van der Waals surface area contributed by atoms with Crippen molar-refractivity contribution in [2.75, 3.05) is 12.4 Å². The molecule has 0 unspecified atom stereocenters. The van der Waals surface area contributed by atoms with E-state index in [-0.39, 0.29) is 11.9 Å². The smallest absolute Gasteiger partial charge is 0.293 e. The summed E-state index contributed by atoms with van der Waals surface area (Å²) in [6, 6.07) is 19.1. The Labute approximate surface area is 164 Å². The number of hydrogen-bond acceptors (Lipinski definition) is 2. The quantitative estimate of drug-likeness (QED) is 0.642. The predicted octanol–water partition coefficient (Wildman–Crippen LogP) is 4.43. The number of carbonyl (C=O) groups is 1. The fourth-order valence-corrected chi connectivity index (χ4v) is 3.00. The summed E-state index contributed by atoms with van der Waals surface area (Å²) in [6.45, 7) is 1.85. The summed E-state index contributed by atoms with van der Waals surface area (Å²) >= 11 is 6.03. The second-order valence-electron chi connectivity index (χ2n) is 6.33. The van der Waals surface area contributed by atoms with Crippen LogP contribution in [0.15, 0.2) is 73.1 Å². The minimum atomic E-state index is -0.375. The van der Waals surface area contributed by atoms with Crippen LogP contribution in [0.4, 0.5) is 5.69 Å². The lowest BCUT2D eigenvalue weighted by atomic mass is 10.1. The zero-order chi connectivity index (χ0) is 19.2. The van der Waals surface area contributed by atoms with Crippen molar-refractivity contribution in [2.45, 2.75) is 19.4 Å². The van der Waals surface area contributed by atoms with E-state index >= 15 is 0 Å². The predicted molar refractivity (Wildman–Crippen MR) is 107 cm³/mol. The third-order valence-electron chi connectivity index (χ3n) is 4.42. The highest BCUT2D eigenvalue weighted by Gasteiger charge is 2.23. The molecule has 0 saturated carbocycles. The zero-order valence-corrected chi connectivity index (χ0v) is 16.1. The van der Waals surface area contributed by atoms with Crippen LogP contribution in [0.25, 0.3) is 0 Å². The number of hydrogen-bond donors (Lipinski definition) is 1. The summed E-state index contributed by atoms with van der Waals surface area (Å²) in [5.41, 5.74) is 3.01. The first-order chi connectivity index (χ1) is 13.1. The average Bonchev–Trinajstić information content (AvgIpc) is 2.69. The van der Waals surface area contributed by atoms with E-state index in [9.17, 15) is 4.79 Å². The van der Waals surface area contributed by atoms with Gasteiger partial charge >= 0.3 is 0 Å². The third kappa shape index (κ3) is 4.86. The van der Waals surface area contributed by atoms with Gasteiger partial charge in [-0.05, 0) is 35.7 Å². The number of carbonyl (C=O) groups excluding carboxylic acids is 1. The van der Waals surface area contributed by atoms with E-state index in [1.54, 1.807) is 25.3 Å². The largest absolute Gasteiger partial charge is 0.495 e. The number of nitrogens with one attached hydrogen (secondary N) is 1. The summed E-state index contributed by atoms with van der Waals surface area (Å²) < 4.78 is 7.15. The maximum absolute atomic E-state index is 12.6. The molecule has 0 radical (unpaired) electrons. The first-order valence-corrected chi connectivity index (χ1v) is 9.12. The van der Waals surface area contributed by atoms with Crippen molar-refractivity contribution in [3.05, 3.63) is 89.2 Å². The minimum Gasteiger partial charge on any atom is -0.495 e. The number of aromatic nitrogens is 1. The number of nitrogens with zero attached hydrogens (tertiary/aromatic N) is 1. The van der Waals surface area contributed by atoms with Crippen molar-refractivity contribution in [3.8, 4) is 5.75 Å². The Kier molecular flexibility index (Phi) is 6.09. The lowest BCUT2D eigenvalue weighted by molar-refractivity contribution is -0.705. The lowest BCUT2D eigenvalue weighted by Crippen LogP contribution is -2.44. The number of amides is 1. The number of pyridine rings is 1. The van der Waals surface area contributed by atoms with Gasteiger partial charge in [-0.1, -0.05) is 41.9 Å². The van der Waals surface area contributed by atoms with Gasteiger partial charge < -0.3 is 10.1 Å². The number of benzene rings is 2.